The van der Waals surface area contributed by atoms with Gasteiger partial charge in [0.2, 0.25) is 0 Å². The van der Waals surface area contributed by atoms with Gasteiger partial charge in [0.05, 0.1) is 24.5 Å². The number of rotatable bonds is 8. The van der Waals surface area contributed by atoms with Gasteiger partial charge in [0.25, 0.3) is 11.5 Å². The minimum absolute atomic E-state index is 0.0858. The number of piperidine rings is 1. The molecule has 0 N–H and O–H groups in total. The third-order valence-corrected chi connectivity index (χ3v) is 5.50. The Kier molecular flexibility index (Phi) is 7.59. The highest BCUT2D eigenvalue weighted by Gasteiger charge is 2.31. The van der Waals surface area contributed by atoms with Gasteiger partial charge in [-0.3, -0.25) is 9.59 Å². The number of carbonyl (C=O) groups is 1. The normalized spacial score (nSPS) is 17.6. The van der Waals surface area contributed by atoms with Crippen molar-refractivity contribution < 1.29 is 14.3 Å². The Morgan fingerprint density at radius 1 is 1.30 bits per heavy atom. The second-order valence-corrected chi connectivity index (χ2v) is 7.52. The zero-order chi connectivity index (χ0) is 21.5. The minimum atomic E-state index is -0.647. The number of methoxy groups -OCH3 is 2. The standard InChI is InChI=1S/C22H30N4O4/c1-24(12-13-29-2)19-14-20(27)26(23-15-19)18-10-7-11-25(16-18)22(28)21(30-3)17-8-5-4-6-9-17/h4-6,8-9,14-15,18,21H,7,10-13,16H2,1-3H3/t18-,21-/m1/s1. The highest BCUT2D eigenvalue weighted by Crippen LogP contribution is 2.25. The smallest absolute Gasteiger partial charge is 0.269 e. The lowest BCUT2D eigenvalue weighted by Gasteiger charge is -2.35. The van der Waals surface area contributed by atoms with E-state index >= 15 is 0 Å². The number of nitrogens with zero attached hydrogens (tertiary/aromatic N) is 4. The maximum atomic E-state index is 13.1. The summed E-state index contributed by atoms with van der Waals surface area (Å²) in [5.41, 5.74) is 1.41. The van der Waals surface area contributed by atoms with Gasteiger partial charge in [-0.25, -0.2) is 4.68 Å². The SMILES string of the molecule is COCCN(C)c1cnn([C@@H]2CCCN(C(=O)[C@H](OC)c3ccccc3)C2)c(=O)c1. The average molecular weight is 415 g/mol. The van der Waals surface area contributed by atoms with E-state index in [0.717, 1.165) is 24.1 Å². The van der Waals surface area contributed by atoms with Crippen molar-refractivity contribution in [3.63, 3.8) is 0 Å². The Bertz CT molecular complexity index is 886. The highest BCUT2D eigenvalue weighted by molar-refractivity contribution is 5.82. The van der Waals surface area contributed by atoms with Crippen LogP contribution in [0.4, 0.5) is 5.69 Å². The van der Waals surface area contributed by atoms with Gasteiger partial charge in [-0.05, 0) is 18.4 Å². The molecule has 2 aromatic rings. The zero-order valence-electron chi connectivity index (χ0n) is 17.9. The first-order valence-corrected chi connectivity index (χ1v) is 10.2. The van der Waals surface area contributed by atoms with Crippen molar-refractivity contribution in [1.29, 1.82) is 0 Å². The first-order chi connectivity index (χ1) is 14.5. The quantitative estimate of drug-likeness (QED) is 0.656. The number of hydrogen-bond donors (Lipinski definition) is 0. The summed E-state index contributed by atoms with van der Waals surface area (Å²) in [4.78, 5) is 29.5. The summed E-state index contributed by atoms with van der Waals surface area (Å²) in [5.74, 6) is -0.0858. The van der Waals surface area contributed by atoms with E-state index in [0.29, 0.717) is 26.2 Å². The third-order valence-electron chi connectivity index (χ3n) is 5.50. The number of likely N-dealkylation sites (tertiary alicyclic amines) is 1. The van der Waals surface area contributed by atoms with Crippen LogP contribution in [-0.4, -0.2) is 68.1 Å². The van der Waals surface area contributed by atoms with Gasteiger partial charge in [-0.1, -0.05) is 30.3 Å². The van der Waals surface area contributed by atoms with Crippen LogP contribution in [0.15, 0.2) is 47.4 Å². The molecule has 1 amide bonds. The first kappa shape index (κ1) is 22.0. The number of amides is 1. The largest absolute Gasteiger partial charge is 0.383 e. The lowest BCUT2D eigenvalue weighted by molar-refractivity contribution is -0.144. The van der Waals surface area contributed by atoms with Crippen LogP contribution in [0.2, 0.25) is 0 Å². The molecule has 1 aromatic carbocycles. The van der Waals surface area contributed by atoms with E-state index in [1.54, 1.807) is 31.4 Å². The molecule has 0 spiro atoms. The molecule has 2 heterocycles. The molecule has 0 unspecified atom stereocenters. The lowest BCUT2D eigenvalue weighted by Crippen LogP contribution is -2.45. The summed E-state index contributed by atoms with van der Waals surface area (Å²) < 4.78 is 12.1. The summed E-state index contributed by atoms with van der Waals surface area (Å²) in [7, 11) is 5.09. The fourth-order valence-electron chi connectivity index (χ4n) is 3.78. The molecular formula is C22H30N4O4. The van der Waals surface area contributed by atoms with Gasteiger partial charge in [-0.2, -0.15) is 5.10 Å². The number of benzene rings is 1. The molecule has 3 rings (SSSR count). The fourth-order valence-corrected chi connectivity index (χ4v) is 3.78. The molecule has 0 bridgehead atoms. The molecule has 0 aliphatic carbocycles. The molecule has 1 fully saturated rings. The van der Waals surface area contributed by atoms with E-state index in [1.807, 2.05) is 42.3 Å². The molecule has 1 saturated heterocycles. The van der Waals surface area contributed by atoms with Crippen molar-refractivity contribution in [3.05, 3.63) is 58.5 Å². The van der Waals surface area contributed by atoms with Crippen LogP contribution in [0.5, 0.6) is 0 Å². The Hall–Kier alpha value is -2.71. The molecule has 1 aliphatic heterocycles. The van der Waals surface area contributed by atoms with Gasteiger partial charge in [-0.15, -0.1) is 0 Å². The monoisotopic (exact) mass is 414 g/mol. The van der Waals surface area contributed by atoms with E-state index in [2.05, 4.69) is 5.10 Å². The predicted molar refractivity (Wildman–Crippen MR) is 115 cm³/mol. The first-order valence-electron chi connectivity index (χ1n) is 10.2. The summed E-state index contributed by atoms with van der Waals surface area (Å²) in [5, 5.41) is 4.40. The van der Waals surface area contributed by atoms with Gasteiger partial charge >= 0.3 is 0 Å². The Balaban J connectivity index is 1.73. The predicted octanol–water partition coefficient (Wildman–Crippen LogP) is 1.88. The third kappa shape index (κ3) is 5.06. The summed E-state index contributed by atoms with van der Waals surface area (Å²) in [6, 6.07) is 10.9. The van der Waals surface area contributed by atoms with Crippen molar-refractivity contribution in [2.24, 2.45) is 0 Å². The lowest BCUT2D eigenvalue weighted by atomic mass is 10.0. The van der Waals surface area contributed by atoms with Crippen LogP contribution >= 0.6 is 0 Å². The zero-order valence-corrected chi connectivity index (χ0v) is 17.9. The van der Waals surface area contributed by atoms with Crippen molar-refractivity contribution in [2.45, 2.75) is 25.0 Å². The van der Waals surface area contributed by atoms with Crippen molar-refractivity contribution in [1.82, 2.24) is 14.7 Å². The van der Waals surface area contributed by atoms with E-state index < -0.39 is 6.10 Å². The number of hydrogen-bond acceptors (Lipinski definition) is 6. The number of carbonyl (C=O) groups excluding carboxylic acids is 1. The second-order valence-electron chi connectivity index (χ2n) is 7.52. The summed E-state index contributed by atoms with van der Waals surface area (Å²) in [6.07, 6.45) is 2.66. The van der Waals surface area contributed by atoms with Crippen LogP contribution in [0.25, 0.3) is 0 Å². The second kappa shape index (κ2) is 10.4. The Morgan fingerprint density at radius 3 is 2.73 bits per heavy atom. The van der Waals surface area contributed by atoms with Gasteiger partial charge < -0.3 is 19.3 Å². The molecular weight excluding hydrogens is 384 g/mol. The number of anilines is 1. The molecule has 1 aromatic heterocycles. The molecule has 0 saturated carbocycles. The van der Waals surface area contributed by atoms with E-state index in [-0.39, 0.29) is 17.5 Å². The van der Waals surface area contributed by atoms with Gasteiger partial charge in [0, 0.05) is 47.0 Å². The van der Waals surface area contributed by atoms with Crippen LogP contribution < -0.4 is 10.5 Å². The van der Waals surface area contributed by atoms with Crippen LogP contribution in [0, 0.1) is 0 Å². The van der Waals surface area contributed by atoms with Crippen LogP contribution in [-0.2, 0) is 14.3 Å². The molecule has 8 heteroatoms. The van der Waals surface area contributed by atoms with E-state index in [1.165, 1.54) is 4.68 Å². The van der Waals surface area contributed by atoms with Crippen molar-refractivity contribution in [2.75, 3.05) is 52.4 Å². The topological polar surface area (TPSA) is 76.9 Å². The van der Waals surface area contributed by atoms with Gasteiger partial charge in [0.15, 0.2) is 6.10 Å². The highest BCUT2D eigenvalue weighted by atomic mass is 16.5. The minimum Gasteiger partial charge on any atom is -0.383 e. The van der Waals surface area contributed by atoms with Crippen molar-refractivity contribution in [3.8, 4) is 0 Å². The van der Waals surface area contributed by atoms with Gasteiger partial charge in [0.1, 0.15) is 0 Å². The Labute approximate surface area is 177 Å². The maximum absolute atomic E-state index is 13.1. The fraction of sp³-hybridized carbons (Fsp3) is 0.500. The summed E-state index contributed by atoms with van der Waals surface area (Å²) >= 11 is 0. The molecule has 162 valence electrons. The Morgan fingerprint density at radius 2 is 2.07 bits per heavy atom. The molecule has 8 nitrogen and oxygen atoms in total. The average Bonchev–Trinajstić information content (AvgIpc) is 2.78. The molecule has 2 atom stereocenters. The van der Waals surface area contributed by atoms with Crippen LogP contribution in [0.1, 0.15) is 30.6 Å². The van der Waals surface area contributed by atoms with E-state index in [9.17, 15) is 9.59 Å². The molecule has 1 aliphatic rings. The maximum Gasteiger partial charge on any atom is 0.269 e. The van der Waals surface area contributed by atoms with E-state index in [4.69, 9.17) is 9.47 Å². The van der Waals surface area contributed by atoms with Crippen molar-refractivity contribution >= 4 is 11.6 Å². The van der Waals surface area contributed by atoms with Crippen LogP contribution in [0.3, 0.4) is 0 Å². The molecule has 30 heavy (non-hydrogen) atoms. The number of aromatic nitrogens is 2. The molecule has 0 radical (unpaired) electrons. The number of ether oxygens (including phenoxy) is 2. The summed E-state index contributed by atoms with van der Waals surface area (Å²) in [6.45, 7) is 2.33. The number of likely N-dealkylation sites (N-methyl/N-ethyl adjacent to an activating group) is 1.